The number of nitrogens with zero attached hydrogens (tertiary/aromatic N) is 4. The Bertz CT molecular complexity index is 1060. The molecule has 4 rings (SSSR count). The fraction of sp³-hybridized carbons (Fsp3) is 0.286. The van der Waals surface area contributed by atoms with E-state index in [2.05, 4.69) is 19.7 Å². The van der Waals surface area contributed by atoms with E-state index in [1.165, 1.54) is 12.1 Å². The molecule has 0 amide bonds. The van der Waals surface area contributed by atoms with Gasteiger partial charge in [-0.05, 0) is 49.2 Å². The Kier molecular flexibility index (Phi) is 5.53. The van der Waals surface area contributed by atoms with Crippen molar-refractivity contribution in [1.29, 1.82) is 0 Å². The zero-order valence-electron chi connectivity index (χ0n) is 16.6. The average molecular weight is 431 g/mol. The minimum atomic E-state index is -4.80. The second-order valence-corrected chi connectivity index (χ2v) is 7.32. The van der Waals surface area contributed by atoms with Gasteiger partial charge in [-0.3, -0.25) is 10.1 Å². The molecule has 0 atom stereocenters. The van der Waals surface area contributed by atoms with Crippen LogP contribution in [0.5, 0.6) is 5.75 Å². The number of benzene rings is 1. The van der Waals surface area contributed by atoms with Gasteiger partial charge in [-0.15, -0.1) is 13.2 Å². The third-order valence-corrected chi connectivity index (χ3v) is 5.29. The van der Waals surface area contributed by atoms with Gasteiger partial charge in [0.1, 0.15) is 11.6 Å². The second kappa shape index (κ2) is 8.29. The molecule has 3 heterocycles. The first kappa shape index (κ1) is 20.7. The molecule has 2 aromatic heterocycles. The van der Waals surface area contributed by atoms with Gasteiger partial charge in [0.2, 0.25) is 5.71 Å². The molecule has 1 fully saturated rings. The van der Waals surface area contributed by atoms with Crippen LogP contribution < -0.4 is 20.8 Å². The first-order valence-electron chi connectivity index (χ1n) is 9.79. The topological polar surface area (TPSA) is 94.8 Å². The molecule has 7 nitrogen and oxygen atoms in total. The average Bonchev–Trinajstić information content (AvgIpc) is 3.29. The van der Waals surface area contributed by atoms with Gasteiger partial charge in [-0.2, -0.15) is 5.10 Å². The van der Waals surface area contributed by atoms with Crippen molar-refractivity contribution in [2.45, 2.75) is 25.2 Å². The molecule has 1 saturated heterocycles. The molecule has 0 radical (unpaired) electrons. The van der Waals surface area contributed by atoms with Crippen molar-refractivity contribution in [3.8, 4) is 5.75 Å². The van der Waals surface area contributed by atoms with E-state index >= 15 is 0 Å². The summed E-state index contributed by atoms with van der Waals surface area (Å²) in [5.41, 5.74) is 7.36. The molecular weight excluding hydrogens is 409 g/mol. The lowest BCUT2D eigenvalue weighted by molar-refractivity contribution is -0.274. The van der Waals surface area contributed by atoms with Crippen molar-refractivity contribution in [2.75, 3.05) is 23.7 Å². The molecule has 10 heteroatoms. The molecule has 1 aliphatic rings. The number of halogens is 3. The number of aromatic nitrogens is 3. The second-order valence-electron chi connectivity index (χ2n) is 7.32. The van der Waals surface area contributed by atoms with Crippen molar-refractivity contribution >= 4 is 17.2 Å². The van der Waals surface area contributed by atoms with E-state index in [0.29, 0.717) is 11.6 Å². The molecule has 31 heavy (non-hydrogen) atoms. The number of hydrogen-bond acceptors (Lipinski definition) is 5. The molecule has 1 aliphatic heterocycles. The largest absolute Gasteiger partial charge is 0.573 e. The van der Waals surface area contributed by atoms with Crippen molar-refractivity contribution in [3.63, 3.8) is 0 Å². The molecule has 1 aromatic carbocycles. The Hall–Kier alpha value is -3.56. The first-order chi connectivity index (χ1) is 14.8. The molecule has 0 aliphatic carbocycles. The van der Waals surface area contributed by atoms with Gasteiger partial charge in [0.15, 0.2) is 0 Å². The molecule has 0 saturated carbocycles. The van der Waals surface area contributed by atoms with E-state index < -0.39 is 6.36 Å². The van der Waals surface area contributed by atoms with E-state index in [0.717, 1.165) is 37.8 Å². The summed E-state index contributed by atoms with van der Waals surface area (Å²) in [5, 5.41) is 10.6. The maximum Gasteiger partial charge on any atom is 0.573 e. The Morgan fingerprint density at radius 2 is 1.90 bits per heavy atom. The van der Waals surface area contributed by atoms with Gasteiger partial charge in [-0.25, -0.2) is 4.98 Å². The Morgan fingerprint density at radius 1 is 1.13 bits per heavy atom. The predicted molar refractivity (Wildman–Crippen MR) is 110 cm³/mol. The highest BCUT2D eigenvalue weighted by Crippen LogP contribution is 2.28. The number of hydrogen-bond donors (Lipinski definition) is 2. The summed E-state index contributed by atoms with van der Waals surface area (Å²) in [6.45, 7) is 1.61. The molecular formula is C21H22F3N6O+. The van der Waals surface area contributed by atoms with Crippen LogP contribution in [-0.2, 0) is 0 Å². The summed E-state index contributed by atoms with van der Waals surface area (Å²) in [4.78, 5) is 6.60. The number of pyridine rings is 1. The number of nitrogen functional groups attached to an aromatic ring is 1. The molecule has 162 valence electrons. The maximum absolute atomic E-state index is 12.6. The summed E-state index contributed by atoms with van der Waals surface area (Å²) < 4.78 is 43.7. The minimum Gasteiger partial charge on any atom is -0.406 e. The number of nitrogens with two attached hydrogens (primary N) is 2. The Labute approximate surface area is 176 Å². The van der Waals surface area contributed by atoms with Crippen LogP contribution in [-0.4, -0.2) is 39.9 Å². The number of ether oxygens (including phenoxy) is 1. The van der Waals surface area contributed by atoms with Crippen LogP contribution in [0.15, 0.2) is 55.0 Å². The standard InChI is InChI=1S/C21H21F3N6O/c22-21(23,24)31-16-2-3-18(25)17(13-16)20(26)14-4-8-27-19(12-14)29-10-5-15(6-11-29)30-9-1-7-28-30/h1-4,7-9,12-13,15,26H,5-6,10-11,25H2/p+1. The summed E-state index contributed by atoms with van der Waals surface area (Å²) in [6.07, 6.45) is 2.43. The lowest BCUT2D eigenvalue weighted by atomic mass is 10.0. The molecule has 4 N–H and O–H groups in total. The van der Waals surface area contributed by atoms with Crippen LogP contribution in [0.4, 0.5) is 24.7 Å². The first-order valence-corrected chi connectivity index (χ1v) is 9.79. The van der Waals surface area contributed by atoms with E-state index in [4.69, 9.17) is 11.1 Å². The van der Waals surface area contributed by atoms with Gasteiger partial charge in [-0.1, -0.05) is 0 Å². The summed E-state index contributed by atoms with van der Waals surface area (Å²) >= 11 is 0. The fourth-order valence-corrected chi connectivity index (χ4v) is 3.74. The van der Waals surface area contributed by atoms with Crippen LogP contribution in [0.2, 0.25) is 0 Å². The summed E-state index contributed by atoms with van der Waals surface area (Å²) in [6, 6.07) is 9.46. The normalized spacial score (nSPS) is 15.1. The molecule has 0 unspecified atom stereocenters. The van der Waals surface area contributed by atoms with Crippen LogP contribution >= 0.6 is 0 Å². The predicted octanol–water partition coefficient (Wildman–Crippen LogP) is 2.20. The van der Waals surface area contributed by atoms with Crippen molar-refractivity contribution in [3.05, 3.63) is 66.1 Å². The van der Waals surface area contributed by atoms with E-state index in [9.17, 15) is 13.2 Å². The molecule has 0 spiro atoms. The number of piperidine rings is 1. The highest BCUT2D eigenvalue weighted by atomic mass is 19.4. The quantitative estimate of drug-likeness (QED) is 0.477. The van der Waals surface area contributed by atoms with Crippen LogP contribution in [0.3, 0.4) is 0 Å². The number of alkyl halides is 3. The molecule has 0 bridgehead atoms. The van der Waals surface area contributed by atoms with Crippen molar-refractivity contribution in [1.82, 2.24) is 14.8 Å². The Morgan fingerprint density at radius 3 is 2.58 bits per heavy atom. The SMILES string of the molecule is Nc1ccc(OC(F)(F)F)cc1C(=[NH2+])c1ccnc(N2CCC(n3cccn3)CC2)c1. The Balaban J connectivity index is 1.51. The van der Waals surface area contributed by atoms with Gasteiger partial charge in [0.25, 0.3) is 0 Å². The minimum absolute atomic E-state index is 0.250. The highest BCUT2D eigenvalue weighted by Gasteiger charge is 2.31. The summed E-state index contributed by atoms with van der Waals surface area (Å²) in [5.74, 6) is 0.371. The number of anilines is 2. The molecule has 3 aromatic rings. The van der Waals surface area contributed by atoms with E-state index in [1.54, 1.807) is 18.5 Å². The van der Waals surface area contributed by atoms with E-state index in [1.807, 2.05) is 23.0 Å². The zero-order chi connectivity index (χ0) is 22.0. The maximum atomic E-state index is 12.6. The smallest absolute Gasteiger partial charge is 0.406 e. The number of rotatable bonds is 5. The third kappa shape index (κ3) is 4.79. The highest BCUT2D eigenvalue weighted by molar-refractivity contribution is 6.12. The van der Waals surface area contributed by atoms with Gasteiger partial charge < -0.3 is 15.4 Å². The van der Waals surface area contributed by atoms with Crippen LogP contribution in [0.25, 0.3) is 0 Å². The summed E-state index contributed by atoms with van der Waals surface area (Å²) in [7, 11) is 0. The van der Waals surface area contributed by atoms with Crippen molar-refractivity contribution in [2.24, 2.45) is 0 Å². The lowest BCUT2D eigenvalue weighted by Gasteiger charge is -2.33. The lowest BCUT2D eigenvalue weighted by Crippen LogP contribution is -2.42. The van der Waals surface area contributed by atoms with E-state index in [-0.39, 0.29) is 22.7 Å². The van der Waals surface area contributed by atoms with Crippen molar-refractivity contribution < 1.29 is 23.3 Å². The zero-order valence-corrected chi connectivity index (χ0v) is 16.6. The third-order valence-electron chi connectivity index (χ3n) is 5.29. The van der Waals surface area contributed by atoms with Gasteiger partial charge >= 0.3 is 6.36 Å². The fourth-order valence-electron chi connectivity index (χ4n) is 3.74. The van der Waals surface area contributed by atoms with Crippen LogP contribution in [0, 0.1) is 0 Å². The monoisotopic (exact) mass is 431 g/mol. The van der Waals surface area contributed by atoms with Gasteiger partial charge in [0, 0.05) is 37.4 Å². The van der Waals surface area contributed by atoms with Gasteiger partial charge in [0.05, 0.1) is 17.2 Å². The van der Waals surface area contributed by atoms with Crippen LogP contribution in [0.1, 0.15) is 30.0 Å².